The van der Waals surface area contributed by atoms with Crippen molar-refractivity contribution in [2.24, 2.45) is 0 Å². The van der Waals surface area contributed by atoms with Crippen LogP contribution in [0.5, 0.6) is 0 Å². The maximum atomic E-state index is 11.8. The van der Waals surface area contributed by atoms with Crippen LogP contribution in [0.4, 0.5) is 0 Å². The Balaban J connectivity index is 0.00000154. The summed E-state index contributed by atoms with van der Waals surface area (Å²) in [4.78, 5) is 22.7. The number of hydrogen-bond acceptors (Lipinski definition) is 4. The highest BCUT2D eigenvalue weighted by Gasteiger charge is 2.11. The summed E-state index contributed by atoms with van der Waals surface area (Å²) >= 11 is 7.19. The van der Waals surface area contributed by atoms with E-state index in [0.717, 1.165) is 5.56 Å². The number of carbonyl (C=O) groups is 2. The molecule has 0 aliphatic rings. The van der Waals surface area contributed by atoms with Crippen LogP contribution in [0.3, 0.4) is 0 Å². The number of methoxy groups -OCH3 is 1. The van der Waals surface area contributed by atoms with Gasteiger partial charge in [0.15, 0.2) is 5.78 Å². The lowest BCUT2D eigenvalue weighted by Crippen LogP contribution is -2.08. The van der Waals surface area contributed by atoms with Crippen molar-refractivity contribution in [3.8, 4) is 0 Å². The molecule has 19 heavy (non-hydrogen) atoms. The Morgan fingerprint density at radius 3 is 2.42 bits per heavy atom. The zero-order valence-corrected chi connectivity index (χ0v) is 13.2. The van der Waals surface area contributed by atoms with Gasteiger partial charge in [-0.25, -0.2) is 0 Å². The molecule has 3 nitrogen and oxygen atoms in total. The first-order chi connectivity index (χ1) is 9.04. The van der Waals surface area contributed by atoms with Gasteiger partial charge in [0, 0.05) is 5.56 Å². The third kappa shape index (κ3) is 6.64. The molecule has 0 saturated heterocycles. The zero-order valence-electron chi connectivity index (χ0n) is 11.7. The molecule has 0 N–H and O–H groups in total. The van der Waals surface area contributed by atoms with Crippen LogP contribution in [0.15, 0.2) is 18.2 Å². The number of rotatable bonds is 5. The first kappa shape index (κ1) is 18.0. The zero-order chi connectivity index (χ0) is 14.8. The van der Waals surface area contributed by atoms with Gasteiger partial charge in [-0.05, 0) is 24.6 Å². The van der Waals surface area contributed by atoms with Crippen molar-refractivity contribution in [1.82, 2.24) is 0 Å². The molecule has 0 spiro atoms. The van der Waals surface area contributed by atoms with Gasteiger partial charge < -0.3 is 4.74 Å². The molecule has 1 rings (SSSR count). The number of ether oxygens (including phenoxy) is 1. The second-order valence-electron chi connectivity index (χ2n) is 3.48. The Morgan fingerprint density at radius 2 is 1.89 bits per heavy atom. The van der Waals surface area contributed by atoms with E-state index in [4.69, 9.17) is 11.6 Å². The predicted octanol–water partition coefficient (Wildman–Crippen LogP) is 3.76. The van der Waals surface area contributed by atoms with Crippen LogP contribution in [-0.2, 0) is 9.53 Å². The van der Waals surface area contributed by atoms with Crippen LogP contribution >= 0.6 is 23.4 Å². The quantitative estimate of drug-likeness (QED) is 0.613. The fourth-order valence-electron chi connectivity index (χ4n) is 1.21. The summed E-state index contributed by atoms with van der Waals surface area (Å²) in [6.07, 6.45) is 0. The van der Waals surface area contributed by atoms with Crippen LogP contribution in [0, 0.1) is 6.92 Å². The fraction of sp³-hybridized carbons (Fsp3) is 0.429. The number of esters is 1. The Hall–Kier alpha value is -1.00. The second kappa shape index (κ2) is 9.87. The molecule has 1 aromatic carbocycles. The molecule has 0 saturated carbocycles. The lowest BCUT2D eigenvalue weighted by molar-refractivity contribution is -0.137. The van der Waals surface area contributed by atoms with Crippen LogP contribution in [0.2, 0.25) is 5.02 Å². The Morgan fingerprint density at radius 1 is 1.26 bits per heavy atom. The number of benzene rings is 1. The van der Waals surface area contributed by atoms with E-state index in [0.29, 0.717) is 10.6 Å². The summed E-state index contributed by atoms with van der Waals surface area (Å²) in [5.74, 6) is -0.0226. The standard InChI is InChI=1S/C12H13ClO3S.C2H6/c1-8-3-4-9(10(13)5-8)11(14)6-17-7-12(15)16-2;1-2/h3-5H,6-7H2,1-2H3;1-2H3. The lowest BCUT2D eigenvalue weighted by atomic mass is 10.1. The molecule has 0 amide bonds. The number of carbonyl (C=O) groups excluding carboxylic acids is 2. The summed E-state index contributed by atoms with van der Waals surface area (Å²) < 4.78 is 4.48. The van der Waals surface area contributed by atoms with Crippen molar-refractivity contribution >= 4 is 35.1 Å². The van der Waals surface area contributed by atoms with Gasteiger partial charge in [0.2, 0.25) is 0 Å². The van der Waals surface area contributed by atoms with Crippen LogP contribution in [0.25, 0.3) is 0 Å². The number of hydrogen-bond donors (Lipinski definition) is 0. The first-order valence-electron chi connectivity index (χ1n) is 5.98. The van der Waals surface area contributed by atoms with Crippen molar-refractivity contribution in [3.63, 3.8) is 0 Å². The number of aryl methyl sites for hydroxylation is 1. The maximum absolute atomic E-state index is 11.8. The summed E-state index contributed by atoms with van der Waals surface area (Å²) in [6, 6.07) is 5.29. The average molecular weight is 303 g/mol. The van der Waals surface area contributed by atoms with Gasteiger partial charge >= 0.3 is 5.97 Å². The number of halogens is 1. The molecule has 0 unspecified atom stereocenters. The highest BCUT2D eigenvalue weighted by Crippen LogP contribution is 2.19. The van der Waals surface area contributed by atoms with Crippen molar-refractivity contribution in [1.29, 1.82) is 0 Å². The summed E-state index contributed by atoms with van der Waals surface area (Å²) in [6.45, 7) is 5.91. The van der Waals surface area contributed by atoms with E-state index < -0.39 is 0 Å². The van der Waals surface area contributed by atoms with Crippen molar-refractivity contribution in [2.75, 3.05) is 18.6 Å². The van der Waals surface area contributed by atoms with Crippen LogP contribution in [0.1, 0.15) is 29.8 Å². The summed E-state index contributed by atoms with van der Waals surface area (Å²) in [5, 5.41) is 0.452. The van der Waals surface area contributed by atoms with Gasteiger partial charge in [-0.1, -0.05) is 31.5 Å². The van der Waals surface area contributed by atoms with E-state index in [1.165, 1.54) is 18.9 Å². The molecule has 0 aliphatic carbocycles. The van der Waals surface area contributed by atoms with Gasteiger partial charge in [-0.3, -0.25) is 9.59 Å². The smallest absolute Gasteiger partial charge is 0.315 e. The molecule has 0 fully saturated rings. The van der Waals surface area contributed by atoms with E-state index in [1.54, 1.807) is 12.1 Å². The predicted molar refractivity (Wildman–Crippen MR) is 81.2 cm³/mol. The van der Waals surface area contributed by atoms with Gasteiger partial charge in [0.25, 0.3) is 0 Å². The third-order valence-corrected chi connectivity index (χ3v) is 3.32. The van der Waals surface area contributed by atoms with E-state index in [1.807, 2.05) is 26.8 Å². The van der Waals surface area contributed by atoms with E-state index in [-0.39, 0.29) is 23.3 Å². The Bertz CT molecular complexity index is 433. The molecule has 106 valence electrons. The molecule has 5 heteroatoms. The maximum Gasteiger partial charge on any atom is 0.315 e. The molecule has 1 aromatic rings. The first-order valence-corrected chi connectivity index (χ1v) is 7.51. The van der Waals surface area contributed by atoms with E-state index in [9.17, 15) is 9.59 Å². The minimum atomic E-state index is -0.335. The molecule has 0 aliphatic heterocycles. The second-order valence-corrected chi connectivity index (χ2v) is 4.87. The summed E-state index contributed by atoms with van der Waals surface area (Å²) in [5.41, 5.74) is 1.50. The molecule has 0 radical (unpaired) electrons. The monoisotopic (exact) mass is 302 g/mol. The average Bonchev–Trinajstić information content (AvgIpc) is 2.40. The Kier molecular flexibility index (Phi) is 9.35. The van der Waals surface area contributed by atoms with Gasteiger partial charge in [-0.2, -0.15) is 0 Å². The van der Waals surface area contributed by atoms with Crippen LogP contribution in [-0.4, -0.2) is 30.4 Å². The number of thioether (sulfide) groups is 1. The van der Waals surface area contributed by atoms with Crippen molar-refractivity contribution in [3.05, 3.63) is 34.3 Å². The highest BCUT2D eigenvalue weighted by molar-refractivity contribution is 8.00. The summed E-state index contributed by atoms with van der Waals surface area (Å²) in [7, 11) is 1.32. The number of Topliss-reactive ketones (excluding diaryl/α,β-unsaturated/α-hetero) is 1. The SMILES string of the molecule is CC.COC(=O)CSCC(=O)c1ccc(C)cc1Cl. The highest BCUT2D eigenvalue weighted by atomic mass is 35.5. The topological polar surface area (TPSA) is 43.4 Å². The largest absolute Gasteiger partial charge is 0.468 e. The molecular formula is C14H19ClO3S. The third-order valence-electron chi connectivity index (χ3n) is 2.11. The molecule has 0 bridgehead atoms. The van der Waals surface area contributed by atoms with Gasteiger partial charge in [0.05, 0.1) is 23.6 Å². The van der Waals surface area contributed by atoms with E-state index >= 15 is 0 Å². The van der Waals surface area contributed by atoms with Crippen molar-refractivity contribution in [2.45, 2.75) is 20.8 Å². The van der Waals surface area contributed by atoms with E-state index in [2.05, 4.69) is 4.74 Å². The van der Waals surface area contributed by atoms with Crippen LogP contribution < -0.4 is 0 Å². The molecule has 0 aromatic heterocycles. The minimum Gasteiger partial charge on any atom is -0.468 e. The number of ketones is 1. The van der Waals surface area contributed by atoms with Gasteiger partial charge in [0.1, 0.15) is 0 Å². The fourth-order valence-corrected chi connectivity index (χ4v) is 2.28. The van der Waals surface area contributed by atoms with Gasteiger partial charge in [-0.15, -0.1) is 11.8 Å². The molecule has 0 atom stereocenters. The normalized spacial score (nSPS) is 9.32. The lowest BCUT2D eigenvalue weighted by Gasteiger charge is -2.04. The minimum absolute atomic E-state index is 0.0797. The molecular weight excluding hydrogens is 284 g/mol. The molecule has 0 heterocycles. The van der Waals surface area contributed by atoms with Crippen molar-refractivity contribution < 1.29 is 14.3 Å². The Labute approximate surface area is 123 Å².